The van der Waals surface area contributed by atoms with Crippen molar-refractivity contribution in [3.63, 3.8) is 0 Å². The van der Waals surface area contributed by atoms with Gasteiger partial charge in [-0.15, -0.1) is 0 Å². The highest BCUT2D eigenvalue weighted by Crippen LogP contribution is 2.18. The van der Waals surface area contributed by atoms with Crippen molar-refractivity contribution in [2.45, 2.75) is 53.2 Å². The van der Waals surface area contributed by atoms with Crippen LogP contribution in [0.4, 0.5) is 0 Å². The van der Waals surface area contributed by atoms with Crippen molar-refractivity contribution in [3.8, 4) is 5.75 Å². The van der Waals surface area contributed by atoms with Crippen LogP contribution in [0.1, 0.15) is 38.3 Å². The molecule has 0 aromatic heterocycles. The van der Waals surface area contributed by atoms with Crippen LogP contribution in [0.15, 0.2) is 18.2 Å². The number of nitrogens with one attached hydrogen (secondary N) is 1. The standard InChI is InChI=1S/C15H23NO2/c1-6-14(15(17)16-10(2)3)18-13-8-7-11(4)12(5)9-13/h7-10,14H,6H2,1-5H3,(H,16,17). The Hall–Kier alpha value is -1.51. The van der Waals surface area contributed by atoms with Crippen LogP contribution in [0.25, 0.3) is 0 Å². The van der Waals surface area contributed by atoms with E-state index in [9.17, 15) is 4.79 Å². The molecule has 0 radical (unpaired) electrons. The number of carbonyl (C=O) groups is 1. The fourth-order valence-electron chi connectivity index (χ4n) is 1.65. The van der Waals surface area contributed by atoms with Crippen molar-refractivity contribution < 1.29 is 9.53 Å². The Morgan fingerprint density at radius 3 is 2.44 bits per heavy atom. The normalized spacial score (nSPS) is 12.3. The van der Waals surface area contributed by atoms with Gasteiger partial charge in [-0.25, -0.2) is 0 Å². The number of ether oxygens (including phenoxy) is 1. The minimum Gasteiger partial charge on any atom is -0.481 e. The maximum atomic E-state index is 11.9. The van der Waals surface area contributed by atoms with Crippen LogP contribution in [-0.4, -0.2) is 18.1 Å². The van der Waals surface area contributed by atoms with Crippen molar-refractivity contribution in [1.82, 2.24) is 5.32 Å². The zero-order chi connectivity index (χ0) is 13.7. The molecule has 0 saturated carbocycles. The molecule has 1 unspecified atom stereocenters. The molecule has 0 bridgehead atoms. The van der Waals surface area contributed by atoms with Gasteiger partial charge in [0.2, 0.25) is 0 Å². The number of benzene rings is 1. The highest BCUT2D eigenvalue weighted by Gasteiger charge is 2.18. The minimum atomic E-state index is -0.422. The summed E-state index contributed by atoms with van der Waals surface area (Å²) in [6.45, 7) is 9.94. The molecule has 3 nitrogen and oxygen atoms in total. The number of hydrogen-bond acceptors (Lipinski definition) is 2. The quantitative estimate of drug-likeness (QED) is 0.871. The topological polar surface area (TPSA) is 38.3 Å². The number of carbonyl (C=O) groups excluding carboxylic acids is 1. The first kappa shape index (κ1) is 14.6. The molecule has 1 atom stereocenters. The first-order valence-corrected chi connectivity index (χ1v) is 6.48. The zero-order valence-corrected chi connectivity index (χ0v) is 11.9. The number of aryl methyl sites for hydroxylation is 2. The van der Waals surface area contributed by atoms with E-state index in [0.717, 1.165) is 5.75 Å². The molecule has 0 aliphatic heterocycles. The Balaban J connectivity index is 2.73. The monoisotopic (exact) mass is 249 g/mol. The van der Waals surface area contributed by atoms with E-state index in [0.29, 0.717) is 6.42 Å². The van der Waals surface area contributed by atoms with Gasteiger partial charge in [-0.05, 0) is 57.4 Å². The summed E-state index contributed by atoms with van der Waals surface area (Å²) >= 11 is 0. The number of rotatable bonds is 5. The van der Waals surface area contributed by atoms with E-state index in [4.69, 9.17) is 4.74 Å². The third-order valence-corrected chi connectivity index (χ3v) is 2.85. The largest absolute Gasteiger partial charge is 0.481 e. The summed E-state index contributed by atoms with van der Waals surface area (Å²) in [5.74, 6) is 0.703. The third-order valence-electron chi connectivity index (χ3n) is 2.85. The van der Waals surface area contributed by atoms with Gasteiger partial charge in [-0.1, -0.05) is 13.0 Å². The second-order valence-electron chi connectivity index (χ2n) is 4.92. The molecule has 18 heavy (non-hydrogen) atoms. The fraction of sp³-hybridized carbons (Fsp3) is 0.533. The van der Waals surface area contributed by atoms with Crippen LogP contribution in [0.5, 0.6) is 5.75 Å². The average molecular weight is 249 g/mol. The Morgan fingerprint density at radius 1 is 1.28 bits per heavy atom. The summed E-state index contributed by atoms with van der Waals surface area (Å²) in [7, 11) is 0. The molecular formula is C15H23NO2. The lowest BCUT2D eigenvalue weighted by Crippen LogP contribution is -2.41. The summed E-state index contributed by atoms with van der Waals surface area (Å²) in [6.07, 6.45) is 0.236. The van der Waals surface area contributed by atoms with Gasteiger partial charge in [0.15, 0.2) is 6.10 Å². The van der Waals surface area contributed by atoms with Gasteiger partial charge in [-0.3, -0.25) is 4.79 Å². The molecule has 3 heteroatoms. The molecule has 0 aliphatic rings. The van der Waals surface area contributed by atoms with Crippen LogP contribution in [0.3, 0.4) is 0 Å². The van der Waals surface area contributed by atoms with Crippen LogP contribution in [0.2, 0.25) is 0 Å². The molecule has 0 aliphatic carbocycles. The third kappa shape index (κ3) is 4.06. The Morgan fingerprint density at radius 2 is 1.94 bits per heavy atom. The van der Waals surface area contributed by atoms with E-state index in [-0.39, 0.29) is 11.9 Å². The Bertz CT molecular complexity index is 413. The maximum Gasteiger partial charge on any atom is 0.261 e. The second-order valence-corrected chi connectivity index (χ2v) is 4.92. The van der Waals surface area contributed by atoms with Gasteiger partial charge in [0.05, 0.1) is 0 Å². The summed E-state index contributed by atoms with van der Waals surface area (Å²) in [4.78, 5) is 11.9. The Kier molecular flexibility index (Phi) is 5.20. The molecule has 0 spiro atoms. The molecule has 1 aromatic carbocycles. The van der Waals surface area contributed by atoms with Gasteiger partial charge in [0, 0.05) is 6.04 Å². The molecule has 0 fully saturated rings. The van der Waals surface area contributed by atoms with Crippen molar-refractivity contribution >= 4 is 5.91 Å². The predicted molar refractivity (Wildman–Crippen MR) is 73.9 cm³/mol. The molecule has 1 aromatic rings. The number of amides is 1. The van der Waals surface area contributed by atoms with Gasteiger partial charge < -0.3 is 10.1 Å². The predicted octanol–water partition coefficient (Wildman–Crippen LogP) is 2.99. The average Bonchev–Trinajstić information content (AvgIpc) is 2.29. The van der Waals surface area contributed by atoms with E-state index < -0.39 is 6.10 Å². The summed E-state index contributed by atoms with van der Waals surface area (Å²) < 4.78 is 5.75. The summed E-state index contributed by atoms with van der Waals surface area (Å²) in [5.41, 5.74) is 2.40. The van der Waals surface area contributed by atoms with Crippen LogP contribution < -0.4 is 10.1 Å². The van der Waals surface area contributed by atoms with E-state index >= 15 is 0 Å². The maximum absolute atomic E-state index is 11.9. The van der Waals surface area contributed by atoms with E-state index in [2.05, 4.69) is 12.2 Å². The van der Waals surface area contributed by atoms with Crippen LogP contribution in [-0.2, 0) is 4.79 Å². The minimum absolute atomic E-state index is 0.0503. The lowest BCUT2D eigenvalue weighted by Gasteiger charge is -2.19. The van der Waals surface area contributed by atoms with Crippen molar-refractivity contribution in [1.29, 1.82) is 0 Å². The summed E-state index contributed by atoms with van der Waals surface area (Å²) in [5, 5.41) is 2.88. The molecule has 1 N–H and O–H groups in total. The van der Waals surface area contributed by atoms with Gasteiger partial charge >= 0.3 is 0 Å². The SMILES string of the molecule is CCC(Oc1ccc(C)c(C)c1)C(=O)NC(C)C. The second kappa shape index (κ2) is 6.43. The van der Waals surface area contributed by atoms with Gasteiger partial charge in [-0.2, -0.15) is 0 Å². The van der Waals surface area contributed by atoms with E-state index in [1.165, 1.54) is 11.1 Å². The fourth-order valence-corrected chi connectivity index (χ4v) is 1.65. The number of hydrogen-bond donors (Lipinski definition) is 1. The lowest BCUT2D eigenvalue weighted by molar-refractivity contribution is -0.128. The van der Waals surface area contributed by atoms with Crippen molar-refractivity contribution in [3.05, 3.63) is 29.3 Å². The smallest absolute Gasteiger partial charge is 0.261 e. The molecule has 1 amide bonds. The van der Waals surface area contributed by atoms with Gasteiger partial charge in [0.25, 0.3) is 5.91 Å². The highest BCUT2D eigenvalue weighted by molar-refractivity contribution is 5.81. The lowest BCUT2D eigenvalue weighted by atomic mass is 10.1. The van der Waals surface area contributed by atoms with Gasteiger partial charge in [0.1, 0.15) is 5.75 Å². The van der Waals surface area contributed by atoms with Crippen molar-refractivity contribution in [2.75, 3.05) is 0 Å². The van der Waals surface area contributed by atoms with Crippen molar-refractivity contribution in [2.24, 2.45) is 0 Å². The van der Waals surface area contributed by atoms with Crippen LogP contribution >= 0.6 is 0 Å². The molecule has 0 heterocycles. The molecule has 100 valence electrons. The molecule has 1 rings (SSSR count). The Labute approximate surface area is 110 Å². The van der Waals surface area contributed by atoms with E-state index in [1.54, 1.807) is 0 Å². The zero-order valence-electron chi connectivity index (χ0n) is 11.9. The van der Waals surface area contributed by atoms with Crippen LogP contribution in [0, 0.1) is 13.8 Å². The molecular weight excluding hydrogens is 226 g/mol. The summed E-state index contributed by atoms with van der Waals surface area (Å²) in [6, 6.07) is 6.03. The first-order valence-electron chi connectivity index (χ1n) is 6.48. The molecule has 0 saturated heterocycles. The van der Waals surface area contributed by atoms with E-state index in [1.807, 2.05) is 45.9 Å². The highest BCUT2D eigenvalue weighted by atomic mass is 16.5. The first-order chi connectivity index (χ1) is 8.43.